The molecule has 1 atom stereocenters. The van der Waals surface area contributed by atoms with E-state index in [1.54, 1.807) is 0 Å². The van der Waals surface area contributed by atoms with Crippen LogP contribution in [-0.4, -0.2) is 11.1 Å². The molecule has 0 spiro atoms. The Morgan fingerprint density at radius 2 is 2.50 bits per heavy atom. The first-order chi connectivity index (χ1) is 5.74. The lowest BCUT2D eigenvalue weighted by atomic mass is 9.97. The van der Waals surface area contributed by atoms with Crippen molar-refractivity contribution in [3.8, 4) is 0 Å². The fourth-order valence-corrected chi connectivity index (χ4v) is 1.97. The predicted octanol–water partition coefficient (Wildman–Crippen LogP) is 2.60. The second-order valence-electron chi connectivity index (χ2n) is 3.44. The molecular weight excluding hydrogens is 152 g/mol. The van der Waals surface area contributed by atoms with Crippen molar-refractivity contribution in [1.29, 1.82) is 0 Å². The lowest BCUT2D eigenvalue weighted by Crippen LogP contribution is -1.99. The van der Waals surface area contributed by atoms with Gasteiger partial charge >= 0.3 is 5.97 Å². The molecule has 0 amide bonds. The van der Waals surface area contributed by atoms with Crippen LogP contribution in [0.5, 0.6) is 0 Å². The van der Waals surface area contributed by atoms with Crippen molar-refractivity contribution in [1.82, 2.24) is 0 Å². The fraction of sp³-hybridized carbons (Fsp3) is 0.700. The third kappa shape index (κ3) is 2.36. The number of rotatable bonds is 3. The lowest BCUT2D eigenvalue weighted by molar-refractivity contribution is -0.131. The maximum absolute atomic E-state index is 10.4. The van der Waals surface area contributed by atoms with Gasteiger partial charge in [0.2, 0.25) is 0 Å². The van der Waals surface area contributed by atoms with Gasteiger partial charge in [0.1, 0.15) is 0 Å². The lowest BCUT2D eigenvalue weighted by Gasteiger charge is -2.08. The summed E-state index contributed by atoms with van der Waals surface area (Å²) in [5.74, 6) is -0.223. The van der Waals surface area contributed by atoms with E-state index in [1.807, 2.05) is 0 Å². The molecule has 1 rings (SSSR count). The number of hydrogen-bond donors (Lipinski definition) is 1. The van der Waals surface area contributed by atoms with Gasteiger partial charge in [0.25, 0.3) is 0 Å². The zero-order chi connectivity index (χ0) is 8.97. The van der Waals surface area contributed by atoms with Crippen molar-refractivity contribution in [2.45, 2.75) is 39.0 Å². The number of allylic oxidation sites excluding steroid dienone is 1. The Morgan fingerprint density at radius 3 is 3.08 bits per heavy atom. The molecule has 2 heteroatoms. The SMILES string of the molecule is CCCC1CCC/C1=C\C(=O)O. The molecule has 12 heavy (non-hydrogen) atoms. The molecule has 1 fully saturated rings. The van der Waals surface area contributed by atoms with Gasteiger partial charge in [0, 0.05) is 6.08 Å². The van der Waals surface area contributed by atoms with Gasteiger partial charge in [-0.05, 0) is 31.6 Å². The Hall–Kier alpha value is -0.790. The zero-order valence-electron chi connectivity index (χ0n) is 7.55. The van der Waals surface area contributed by atoms with E-state index in [0.29, 0.717) is 5.92 Å². The summed E-state index contributed by atoms with van der Waals surface area (Å²) >= 11 is 0. The van der Waals surface area contributed by atoms with Crippen LogP contribution in [0.15, 0.2) is 11.6 Å². The van der Waals surface area contributed by atoms with Gasteiger partial charge in [0.15, 0.2) is 0 Å². The highest BCUT2D eigenvalue weighted by Crippen LogP contribution is 2.33. The van der Waals surface area contributed by atoms with E-state index in [-0.39, 0.29) is 0 Å². The highest BCUT2D eigenvalue weighted by Gasteiger charge is 2.20. The summed E-state index contributed by atoms with van der Waals surface area (Å²) in [6.45, 7) is 2.15. The molecule has 2 nitrogen and oxygen atoms in total. The van der Waals surface area contributed by atoms with Crippen molar-refractivity contribution in [2.75, 3.05) is 0 Å². The van der Waals surface area contributed by atoms with Crippen molar-refractivity contribution >= 4 is 5.97 Å². The van der Waals surface area contributed by atoms with Gasteiger partial charge in [-0.25, -0.2) is 4.79 Å². The monoisotopic (exact) mass is 168 g/mol. The van der Waals surface area contributed by atoms with Crippen molar-refractivity contribution in [3.05, 3.63) is 11.6 Å². The smallest absolute Gasteiger partial charge is 0.328 e. The number of carbonyl (C=O) groups is 1. The number of hydrogen-bond acceptors (Lipinski definition) is 1. The predicted molar refractivity (Wildman–Crippen MR) is 48.0 cm³/mol. The first kappa shape index (κ1) is 9.30. The molecule has 0 aromatic heterocycles. The van der Waals surface area contributed by atoms with Crippen molar-refractivity contribution in [3.63, 3.8) is 0 Å². The second-order valence-corrected chi connectivity index (χ2v) is 3.44. The highest BCUT2D eigenvalue weighted by molar-refractivity contribution is 5.80. The molecule has 0 aromatic rings. The Kier molecular flexibility index (Phi) is 3.32. The third-order valence-electron chi connectivity index (χ3n) is 2.49. The van der Waals surface area contributed by atoms with Gasteiger partial charge in [-0.2, -0.15) is 0 Å². The van der Waals surface area contributed by atoms with E-state index >= 15 is 0 Å². The van der Waals surface area contributed by atoms with Crippen molar-refractivity contribution in [2.24, 2.45) is 5.92 Å². The van der Waals surface area contributed by atoms with E-state index < -0.39 is 5.97 Å². The average molecular weight is 168 g/mol. The summed E-state index contributed by atoms with van der Waals surface area (Å²) in [7, 11) is 0. The molecule has 0 aromatic carbocycles. The Labute approximate surface area is 73.3 Å². The molecule has 0 heterocycles. The van der Waals surface area contributed by atoms with Gasteiger partial charge < -0.3 is 5.11 Å². The first-order valence-corrected chi connectivity index (χ1v) is 4.67. The molecule has 1 saturated carbocycles. The largest absolute Gasteiger partial charge is 0.478 e. The minimum absolute atomic E-state index is 0.561. The van der Waals surface area contributed by atoms with E-state index in [9.17, 15) is 4.79 Å². The van der Waals surface area contributed by atoms with Crippen LogP contribution >= 0.6 is 0 Å². The maximum Gasteiger partial charge on any atom is 0.328 e. The number of carboxylic acids is 1. The molecule has 0 aliphatic heterocycles. The molecule has 1 aliphatic rings. The van der Waals surface area contributed by atoms with Gasteiger partial charge in [-0.1, -0.05) is 18.9 Å². The van der Waals surface area contributed by atoms with Crippen LogP contribution in [-0.2, 0) is 4.79 Å². The zero-order valence-corrected chi connectivity index (χ0v) is 7.55. The van der Waals surface area contributed by atoms with Crippen molar-refractivity contribution < 1.29 is 9.90 Å². The van der Waals surface area contributed by atoms with Gasteiger partial charge in [-0.15, -0.1) is 0 Å². The third-order valence-corrected chi connectivity index (χ3v) is 2.49. The Morgan fingerprint density at radius 1 is 1.75 bits per heavy atom. The summed E-state index contributed by atoms with van der Waals surface area (Å²) in [5, 5.41) is 8.58. The highest BCUT2D eigenvalue weighted by atomic mass is 16.4. The van der Waals surface area contributed by atoms with Crippen LogP contribution in [0.25, 0.3) is 0 Å². The summed E-state index contributed by atoms with van der Waals surface area (Å²) in [4.78, 5) is 10.4. The molecule has 1 aliphatic carbocycles. The molecule has 1 N–H and O–H groups in total. The van der Waals surface area contributed by atoms with Crippen LogP contribution in [0.4, 0.5) is 0 Å². The molecule has 0 bridgehead atoms. The molecule has 0 saturated heterocycles. The van der Waals surface area contributed by atoms with Crippen LogP contribution in [0, 0.1) is 5.92 Å². The van der Waals surface area contributed by atoms with E-state index in [2.05, 4.69) is 6.92 Å². The second kappa shape index (κ2) is 4.29. The molecular formula is C10H16O2. The standard InChI is InChI=1S/C10H16O2/c1-2-4-8-5-3-6-9(8)7-10(11)12/h7-8H,2-6H2,1H3,(H,11,12)/b9-7+. The van der Waals surface area contributed by atoms with E-state index in [0.717, 1.165) is 24.8 Å². The molecule has 1 unspecified atom stereocenters. The summed E-state index contributed by atoms with van der Waals surface area (Å²) in [6, 6.07) is 0. The summed E-state index contributed by atoms with van der Waals surface area (Å²) in [6.07, 6.45) is 7.07. The number of carboxylic acid groups (broad SMARTS) is 1. The quantitative estimate of drug-likeness (QED) is 0.658. The molecule has 68 valence electrons. The number of aliphatic carboxylic acids is 1. The van der Waals surface area contributed by atoms with Crippen LogP contribution in [0.1, 0.15) is 39.0 Å². The summed E-state index contributed by atoms with van der Waals surface area (Å²) < 4.78 is 0. The molecule has 0 radical (unpaired) electrons. The summed E-state index contributed by atoms with van der Waals surface area (Å²) in [5.41, 5.74) is 1.16. The minimum Gasteiger partial charge on any atom is -0.478 e. The van der Waals surface area contributed by atoms with Gasteiger partial charge in [0.05, 0.1) is 0 Å². The first-order valence-electron chi connectivity index (χ1n) is 4.67. The van der Waals surface area contributed by atoms with Crippen LogP contribution < -0.4 is 0 Å². The van der Waals surface area contributed by atoms with E-state index in [1.165, 1.54) is 18.9 Å². The average Bonchev–Trinajstić information content (AvgIpc) is 2.37. The Bertz CT molecular complexity index is 194. The Balaban J connectivity index is 2.57. The van der Waals surface area contributed by atoms with Gasteiger partial charge in [-0.3, -0.25) is 0 Å². The van der Waals surface area contributed by atoms with Crippen LogP contribution in [0.3, 0.4) is 0 Å². The fourth-order valence-electron chi connectivity index (χ4n) is 1.97. The maximum atomic E-state index is 10.4. The minimum atomic E-state index is -0.784. The van der Waals surface area contributed by atoms with Crippen LogP contribution in [0.2, 0.25) is 0 Å². The van der Waals surface area contributed by atoms with E-state index in [4.69, 9.17) is 5.11 Å². The topological polar surface area (TPSA) is 37.3 Å². The normalized spacial score (nSPS) is 26.4.